The Morgan fingerprint density at radius 1 is 0.227 bits per heavy atom. The van der Waals surface area contributed by atoms with E-state index >= 15 is 0 Å². The molecule has 0 saturated carbocycles. The van der Waals surface area contributed by atoms with E-state index in [0.717, 1.165) is 56.3 Å². The monoisotopic (exact) mass is 955 g/mol. The van der Waals surface area contributed by atoms with E-state index in [1.807, 2.05) is 0 Å². The molecule has 14 rings (SSSR count). The number of hydrogen-bond acceptors (Lipinski definition) is 2. The van der Waals surface area contributed by atoms with Gasteiger partial charge in [0.1, 0.15) is 0 Å². The van der Waals surface area contributed by atoms with Crippen LogP contribution in [0, 0.1) is 0 Å². The molecule has 0 unspecified atom stereocenters. The van der Waals surface area contributed by atoms with Gasteiger partial charge < -0.3 is 14.4 Å². The summed E-state index contributed by atoms with van der Waals surface area (Å²) < 4.78 is 2.42. The number of fused-ring (bicyclic) bond motifs is 7. The Labute approximate surface area is 436 Å². The quantitative estimate of drug-likeness (QED) is 0.127. The molecule has 0 saturated heterocycles. The zero-order valence-corrected chi connectivity index (χ0v) is 41.1. The van der Waals surface area contributed by atoms with Crippen LogP contribution in [-0.2, 0) is 0 Å². The van der Waals surface area contributed by atoms with E-state index in [9.17, 15) is 0 Å². The number of para-hydroxylation sites is 2. The molecule has 14 aromatic rings. The van der Waals surface area contributed by atoms with E-state index in [2.05, 4.69) is 312 Å². The molecule has 0 bridgehead atoms. The Hall–Kier alpha value is -9.96. The fourth-order valence-corrected chi connectivity index (χ4v) is 11.4. The van der Waals surface area contributed by atoms with Gasteiger partial charge in [0.25, 0.3) is 0 Å². The van der Waals surface area contributed by atoms with Crippen LogP contribution in [0.25, 0.3) is 93.2 Å². The summed E-state index contributed by atoms with van der Waals surface area (Å²) in [6.07, 6.45) is 0. The first-order chi connectivity index (χ1) is 37.2. The van der Waals surface area contributed by atoms with Crippen molar-refractivity contribution in [2.45, 2.75) is 0 Å². The van der Waals surface area contributed by atoms with E-state index in [1.54, 1.807) is 0 Å². The van der Waals surface area contributed by atoms with Crippen molar-refractivity contribution >= 4 is 88.2 Å². The van der Waals surface area contributed by atoms with E-state index in [1.165, 1.54) is 71.0 Å². The molecular formula is C72H49N3. The van der Waals surface area contributed by atoms with Crippen LogP contribution in [0.4, 0.5) is 34.1 Å². The highest BCUT2D eigenvalue weighted by atomic mass is 15.2. The van der Waals surface area contributed by atoms with Crippen molar-refractivity contribution in [3.05, 3.63) is 297 Å². The summed E-state index contributed by atoms with van der Waals surface area (Å²) in [5.74, 6) is 0. The fraction of sp³-hybridized carbons (Fsp3) is 0. The Morgan fingerprint density at radius 2 is 0.707 bits per heavy atom. The van der Waals surface area contributed by atoms with Gasteiger partial charge in [0.05, 0.1) is 16.7 Å². The van der Waals surface area contributed by atoms with E-state index in [4.69, 9.17) is 0 Å². The fourth-order valence-electron chi connectivity index (χ4n) is 11.4. The molecule has 0 radical (unpaired) electrons. The summed E-state index contributed by atoms with van der Waals surface area (Å²) in [5, 5.41) is 9.64. The highest BCUT2D eigenvalue weighted by Gasteiger charge is 2.24. The van der Waals surface area contributed by atoms with E-state index in [0.29, 0.717) is 0 Å². The third kappa shape index (κ3) is 7.86. The second-order valence-corrected chi connectivity index (χ2v) is 19.3. The summed E-state index contributed by atoms with van der Waals surface area (Å²) in [5.41, 5.74) is 16.7. The second-order valence-electron chi connectivity index (χ2n) is 19.3. The van der Waals surface area contributed by atoms with Crippen molar-refractivity contribution in [3.8, 4) is 39.1 Å². The molecule has 0 fully saturated rings. The highest BCUT2D eigenvalue weighted by Crippen LogP contribution is 2.48. The van der Waals surface area contributed by atoms with Crippen LogP contribution in [0.3, 0.4) is 0 Å². The summed E-state index contributed by atoms with van der Waals surface area (Å²) in [6, 6.07) is 109. The van der Waals surface area contributed by atoms with Crippen LogP contribution in [0.5, 0.6) is 0 Å². The average molecular weight is 956 g/mol. The van der Waals surface area contributed by atoms with Crippen molar-refractivity contribution in [1.82, 2.24) is 4.57 Å². The first kappa shape index (κ1) is 43.8. The lowest BCUT2D eigenvalue weighted by Gasteiger charge is -2.31. The topological polar surface area (TPSA) is 11.4 Å². The Kier molecular flexibility index (Phi) is 10.8. The van der Waals surface area contributed by atoms with Gasteiger partial charge in [0.2, 0.25) is 0 Å². The maximum Gasteiger partial charge on any atom is 0.0561 e. The minimum atomic E-state index is 1.03. The lowest BCUT2D eigenvalue weighted by molar-refractivity contribution is 1.18. The van der Waals surface area contributed by atoms with Gasteiger partial charge in [0, 0.05) is 50.3 Å². The normalized spacial score (nSPS) is 11.5. The maximum absolute atomic E-state index is 2.49. The van der Waals surface area contributed by atoms with Gasteiger partial charge in [0.15, 0.2) is 0 Å². The van der Waals surface area contributed by atoms with Crippen LogP contribution in [0.1, 0.15) is 0 Å². The molecule has 3 nitrogen and oxygen atoms in total. The SMILES string of the molecule is c1ccc(-c2ccc(N(c3ccc(-c4ccccc4)cc3)c3cc(-c4cc5ccccc5c5ccccc45)cc(N(c4ccc5c6ccccc6n(-c6ccccc6)c5c4)c4cccc5ccccc45)c3)cc2)cc1. The molecular weight excluding hydrogens is 907 g/mol. The third-order valence-corrected chi connectivity index (χ3v) is 14.9. The number of anilines is 6. The Balaban J connectivity index is 1.06. The molecule has 0 atom stereocenters. The van der Waals surface area contributed by atoms with Gasteiger partial charge in [-0.05, 0) is 145 Å². The number of rotatable bonds is 10. The third-order valence-electron chi connectivity index (χ3n) is 14.9. The molecule has 1 heterocycles. The highest BCUT2D eigenvalue weighted by molar-refractivity contribution is 6.15. The van der Waals surface area contributed by atoms with Crippen molar-refractivity contribution in [3.63, 3.8) is 0 Å². The van der Waals surface area contributed by atoms with Gasteiger partial charge in [-0.25, -0.2) is 0 Å². The largest absolute Gasteiger partial charge is 0.310 e. The number of hydrogen-bond donors (Lipinski definition) is 0. The molecule has 352 valence electrons. The molecule has 0 N–H and O–H groups in total. The Morgan fingerprint density at radius 3 is 1.37 bits per heavy atom. The molecule has 0 aliphatic carbocycles. The zero-order chi connectivity index (χ0) is 49.7. The van der Waals surface area contributed by atoms with Crippen LogP contribution in [0.15, 0.2) is 297 Å². The summed E-state index contributed by atoms with van der Waals surface area (Å²) in [4.78, 5) is 4.91. The second kappa shape index (κ2) is 18.6. The summed E-state index contributed by atoms with van der Waals surface area (Å²) >= 11 is 0. The molecule has 13 aromatic carbocycles. The van der Waals surface area contributed by atoms with Crippen molar-refractivity contribution in [2.24, 2.45) is 0 Å². The van der Waals surface area contributed by atoms with Crippen LogP contribution < -0.4 is 9.80 Å². The molecule has 3 heteroatoms. The van der Waals surface area contributed by atoms with Gasteiger partial charge >= 0.3 is 0 Å². The number of nitrogens with zero attached hydrogens (tertiary/aromatic N) is 3. The minimum absolute atomic E-state index is 1.03. The minimum Gasteiger partial charge on any atom is -0.310 e. The van der Waals surface area contributed by atoms with Gasteiger partial charge in [-0.1, -0.05) is 212 Å². The van der Waals surface area contributed by atoms with Crippen molar-refractivity contribution < 1.29 is 0 Å². The van der Waals surface area contributed by atoms with E-state index < -0.39 is 0 Å². The van der Waals surface area contributed by atoms with Gasteiger partial charge in [-0.15, -0.1) is 0 Å². The molecule has 0 spiro atoms. The smallest absolute Gasteiger partial charge is 0.0561 e. The van der Waals surface area contributed by atoms with Gasteiger partial charge in [-0.2, -0.15) is 0 Å². The Bertz CT molecular complexity index is 4300. The van der Waals surface area contributed by atoms with Crippen LogP contribution in [-0.4, -0.2) is 4.57 Å². The van der Waals surface area contributed by atoms with Crippen molar-refractivity contribution in [2.75, 3.05) is 9.80 Å². The first-order valence-corrected chi connectivity index (χ1v) is 25.7. The molecule has 0 aliphatic rings. The first-order valence-electron chi connectivity index (χ1n) is 25.7. The average Bonchev–Trinajstić information content (AvgIpc) is 3.82. The zero-order valence-electron chi connectivity index (χ0n) is 41.1. The molecule has 1 aromatic heterocycles. The number of aromatic nitrogens is 1. The van der Waals surface area contributed by atoms with E-state index in [-0.39, 0.29) is 0 Å². The molecule has 75 heavy (non-hydrogen) atoms. The summed E-state index contributed by atoms with van der Waals surface area (Å²) in [7, 11) is 0. The lowest BCUT2D eigenvalue weighted by Crippen LogP contribution is -2.14. The predicted octanol–water partition coefficient (Wildman–Crippen LogP) is 20.2. The standard InChI is InChI=1S/C72H49N3/c1-4-19-50(20-5-1)52-35-39-58(40-36-52)73(59-41-37-53(38-42-59)51-21-6-2-7-22-51)61-45-56(69-47-55-24-11-12-28-63(55)65-30-14-15-31-66(65)69)46-62(48-61)74(70-34-18-25-54-23-10-13-29-64(54)70)60-43-44-68-67-32-16-17-33-71(67)75(72(68)49-60)57-26-8-3-9-27-57/h1-49H. The molecule has 0 amide bonds. The molecule has 0 aliphatic heterocycles. The van der Waals surface area contributed by atoms with Gasteiger partial charge in [-0.3, -0.25) is 0 Å². The maximum atomic E-state index is 2.49. The van der Waals surface area contributed by atoms with Crippen LogP contribution in [0.2, 0.25) is 0 Å². The summed E-state index contributed by atoms with van der Waals surface area (Å²) in [6.45, 7) is 0. The predicted molar refractivity (Wildman–Crippen MR) is 319 cm³/mol. The van der Waals surface area contributed by atoms with Crippen LogP contribution >= 0.6 is 0 Å². The lowest BCUT2D eigenvalue weighted by atomic mass is 9.92. The number of benzene rings is 13. The van der Waals surface area contributed by atoms with Crippen molar-refractivity contribution in [1.29, 1.82) is 0 Å².